The first-order valence-electron chi connectivity index (χ1n) is 6.25. The Bertz CT molecular complexity index is 744. The number of hydrogen-bond donors (Lipinski definition) is 1. The van der Waals surface area contributed by atoms with Gasteiger partial charge in [-0.25, -0.2) is 9.36 Å². The van der Waals surface area contributed by atoms with Crippen LogP contribution in [-0.4, -0.2) is 9.55 Å². The van der Waals surface area contributed by atoms with Crippen molar-refractivity contribution in [2.75, 3.05) is 0 Å². The summed E-state index contributed by atoms with van der Waals surface area (Å²) in [5, 5.41) is 0.129. The minimum absolute atomic E-state index is 0.129. The van der Waals surface area contributed by atoms with Crippen LogP contribution in [0.25, 0.3) is 5.69 Å². The summed E-state index contributed by atoms with van der Waals surface area (Å²) in [6, 6.07) is 5.42. The van der Waals surface area contributed by atoms with E-state index in [1.54, 1.807) is 12.1 Å². The van der Waals surface area contributed by atoms with Crippen LogP contribution in [0.3, 0.4) is 0 Å². The zero-order chi connectivity index (χ0) is 14.9. The molecule has 0 saturated carbocycles. The van der Waals surface area contributed by atoms with Gasteiger partial charge in [0.1, 0.15) is 5.15 Å². The lowest BCUT2D eigenvalue weighted by atomic mass is 10.2. The minimum Gasteiger partial charge on any atom is -0.297 e. The molecule has 0 bridgehead atoms. The van der Waals surface area contributed by atoms with Gasteiger partial charge in [-0.3, -0.25) is 9.78 Å². The standard InChI is InChI=1S/C14H14BrClN2O2/c1-3-4-11-12(16)17-14(20)18(13(11)19)10-6-8(2)5-9(15)7-10/h5-7H,3-4H2,1-2H3,(H,17,20). The third-order valence-corrected chi connectivity index (χ3v) is 3.71. The van der Waals surface area contributed by atoms with Gasteiger partial charge in [-0.2, -0.15) is 0 Å². The molecule has 0 atom stereocenters. The van der Waals surface area contributed by atoms with E-state index in [0.29, 0.717) is 17.7 Å². The van der Waals surface area contributed by atoms with E-state index < -0.39 is 5.69 Å². The summed E-state index contributed by atoms with van der Waals surface area (Å²) < 4.78 is 1.93. The predicted molar refractivity (Wildman–Crippen MR) is 84.1 cm³/mol. The largest absolute Gasteiger partial charge is 0.334 e. The number of aromatic nitrogens is 2. The zero-order valence-electron chi connectivity index (χ0n) is 11.2. The van der Waals surface area contributed by atoms with Gasteiger partial charge in [0.25, 0.3) is 5.56 Å². The van der Waals surface area contributed by atoms with Crippen LogP contribution >= 0.6 is 27.5 Å². The average Bonchev–Trinajstić information content (AvgIpc) is 2.33. The highest BCUT2D eigenvalue weighted by molar-refractivity contribution is 9.10. The summed E-state index contributed by atoms with van der Waals surface area (Å²) in [6.45, 7) is 3.85. The molecule has 0 aliphatic carbocycles. The maximum absolute atomic E-state index is 12.5. The van der Waals surface area contributed by atoms with Gasteiger partial charge in [0.2, 0.25) is 0 Å². The highest BCUT2D eigenvalue weighted by Gasteiger charge is 2.13. The van der Waals surface area contributed by atoms with Crippen LogP contribution in [0.2, 0.25) is 5.15 Å². The fourth-order valence-electron chi connectivity index (χ4n) is 2.09. The first kappa shape index (κ1) is 15.1. The van der Waals surface area contributed by atoms with Crippen LogP contribution in [0.15, 0.2) is 32.3 Å². The number of rotatable bonds is 3. The van der Waals surface area contributed by atoms with Crippen molar-refractivity contribution >= 4 is 27.5 Å². The van der Waals surface area contributed by atoms with E-state index in [9.17, 15) is 9.59 Å². The molecule has 1 heterocycles. The number of nitrogens with one attached hydrogen (secondary N) is 1. The van der Waals surface area contributed by atoms with Crippen molar-refractivity contribution in [1.82, 2.24) is 9.55 Å². The molecular weight excluding hydrogens is 344 g/mol. The molecule has 106 valence electrons. The lowest BCUT2D eigenvalue weighted by molar-refractivity contribution is 0.811. The highest BCUT2D eigenvalue weighted by atomic mass is 79.9. The second-order valence-electron chi connectivity index (χ2n) is 4.60. The summed E-state index contributed by atoms with van der Waals surface area (Å²) in [6.07, 6.45) is 1.31. The van der Waals surface area contributed by atoms with E-state index in [1.807, 2.05) is 19.9 Å². The second-order valence-corrected chi connectivity index (χ2v) is 5.89. The normalized spacial score (nSPS) is 10.8. The number of hydrogen-bond acceptors (Lipinski definition) is 2. The molecule has 0 fully saturated rings. The van der Waals surface area contributed by atoms with Gasteiger partial charge < -0.3 is 0 Å². The molecule has 0 unspecified atom stereocenters. The molecule has 1 N–H and O–H groups in total. The number of halogens is 2. The van der Waals surface area contributed by atoms with Crippen LogP contribution in [-0.2, 0) is 6.42 Å². The molecule has 0 spiro atoms. The van der Waals surface area contributed by atoms with Gasteiger partial charge in [-0.15, -0.1) is 0 Å². The van der Waals surface area contributed by atoms with E-state index in [0.717, 1.165) is 21.0 Å². The number of aromatic amines is 1. The Morgan fingerprint density at radius 1 is 1.30 bits per heavy atom. The molecule has 20 heavy (non-hydrogen) atoms. The van der Waals surface area contributed by atoms with Gasteiger partial charge in [-0.05, 0) is 37.1 Å². The summed E-state index contributed by atoms with van der Waals surface area (Å²) >= 11 is 9.33. The van der Waals surface area contributed by atoms with Crippen molar-refractivity contribution in [2.24, 2.45) is 0 Å². The van der Waals surface area contributed by atoms with E-state index in [2.05, 4.69) is 20.9 Å². The van der Waals surface area contributed by atoms with Crippen LogP contribution in [0.1, 0.15) is 24.5 Å². The second kappa shape index (κ2) is 5.97. The maximum Gasteiger partial charge on any atom is 0.334 e. The van der Waals surface area contributed by atoms with Crippen LogP contribution in [0, 0.1) is 6.92 Å². The molecule has 0 amide bonds. The lowest BCUT2D eigenvalue weighted by Crippen LogP contribution is -2.36. The number of H-pyrrole nitrogens is 1. The first-order valence-corrected chi connectivity index (χ1v) is 7.42. The fraction of sp³-hybridized carbons (Fsp3) is 0.286. The molecule has 1 aromatic heterocycles. The molecule has 0 radical (unpaired) electrons. The molecule has 0 aliphatic rings. The van der Waals surface area contributed by atoms with Gasteiger partial charge in [-0.1, -0.05) is 40.9 Å². The molecule has 6 heteroatoms. The number of aryl methyl sites for hydroxylation is 1. The topological polar surface area (TPSA) is 54.9 Å². The summed E-state index contributed by atoms with van der Waals surface area (Å²) in [5.41, 5.74) is 1.02. The van der Waals surface area contributed by atoms with Crippen molar-refractivity contribution in [3.63, 3.8) is 0 Å². The van der Waals surface area contributed by atoms with Crippen molar-refractivity contribution in [3.8, 4) is 5.69 Å². The predicted octanol–water partition coefficient (Wildman–Crippen LogP) is 3.20. The van der Waals surface area contributed by atoms with Gasteiger partial charge in [0.05, 0.1) is 11.3 Å². The van der Waals surface area contributed by atoms with E-state index >= 15 is 0 Å². The summed E-state index contributed by atoms with van der Waals surface area (Å²) in [7, 11) is 0. The third kappa shape index (κ3) is 2.88. The van der Waals surface area contributed by atoms with E-state index in [1.165, 1.54) is 0 Å². The number of nitrogens with zero attached hydrogens (tertiary/aromatic N) is 1. The van der Waals surface area contributed by atoms with Gasteiger partial charge >= 0.3 is 5.69 Å². The summed E-state index contributed by atoms with van der Waals surface area (Å²) in [4.78, 5) is 27.0. The van der Waals surface area contributed by atoms with Crippen molar-refractivity contribution in [2.45, 2.75) is 26.7 Å². The SMILES string of the molecule is CCCc1c(Cl)[nH]c(=O)n(-c2cc(C)cc(Br)c2)c1=O. The minimum atomic E-state index is -0.530. The van der Waals surface area contributed by atoms with Crippen molar-refractivity contribution in [3.05, 3.63) is 59.8 Å². The van der Waals surface area contributed by atoms with Crippen LogP contribution in [0.5, 0.6) is 0 Å². The monoisotopic (exact) mass is 356 g/mol. The Morgan fingerprint density at radius 3 is 2.60 bits per heavy atom. The Kier molecular flexibility index (Phi) is 4.50. The quantitative estimate of drug-likeness (QED) is 0.858. The van der Waals surface area contributed by atoms with Crippen LogP contribution in [0.4, 0.5) is 0 Å². The molecule has 0 saturated heterocycles. The Labute approximate surface area is 129 Å². The first-order chi connectivity index (χ1) is 9.43. The Morgan fingerprint density at radius 2 is 2.00 bits per heavy atom. The smallest absolute Gasteiger partial charge is 0.297 e. The Hall–Kier alpha value is -1.33. The van der Waals surface area contributed by atoms with Gasteiger partial charge in [0.15, 0.2) is 0 Å². The van der Waals surface area contributed by atoms with E-state index in [-0.39, 0.29) is 10.7 Å². The molecular formula is C14H14BrClN2O2. The molecule has 2 aromatic rings. The van der Waals surface area contributed by atoms with Crippen molar-refractivity contribution in [1.29, 1.82) is 0 Å². The fourth-order valence-corrected chi connectivity index (χ4v) is 2.95. The zero-order valence-corrected chi connectivity index (χ0v) is 13.5. The average molecular weight is 358 g/mol. The molecule has 4 nitrogen and oxygen atoms in total. The third-order valence-electron chi connectivity index (χ3n) is 2.93. The molecule has 0 aliphatic heterocycles. The highest BCUT2D eigenvalue weighted by Crippen LogP contribution is 2.17. The molecule has 1 aromatic carbocycles. The van der Waals surface area contributed by atoms with E-state index in [4.69, 9.17) is 11.6 Å². The maximum atomic E-state index is 12.5. The van der Waals surface area contributed by atoms with Crippen molar-refractivity contribution < 1.29 is 0 Å². The molecule has 2 rings (SSSR count). The lowest BCUT2D eigenvalue weighted by Gasteiger charge is -2.09. The number of benzene rings is 1. The Balaban J connectivity index is 2.77. The van der Waals surface area contributed by atoms with Crippen LogP contribution < -0.4 is 11.2 Å². The van der Waals surface area contributed by atoms with Gasteiger partial charge in [0, 0.05) is 4.47 Å². The summed E-state index contributed by atoms with van der Waals surface area (Å²) in [5.74, 6) is 0.